The van der Waals surface area contributed by atoms with Crippen molar-refractivity contribution in [3.8, 4) is 0 Å². The van der Waals surface area contributed by atoms with Gasteiger partial charge in [-0.3, -0.25) is 4.68 Å². The van der Waals surface area contributed by atoms with Crippen molar-refractivity contribution in [1.29, 1.82) is 0 Å². The molecule has 2 atom stereocenters. The fourth-order valence-corrected chi connectivity index (χ4v) is 2.38. The molecule has 19 heavy (non-hydrogen) atoms. The summed E-state index contributed by atoms with van der Waals surface area (Å²) in [5, 5.41) is 16.0. The van der Waals surface area contributed by atoms with Crippen LogP contribution in [0.3, 0.4) is 0 Å². The summed E-state index contributed by atoms with van der Waals surface area (Å²) in [5.74, 6) is -0.962. The van der Waals surface area contributed by atoms with Gasteiger partial charge in [0.1, 0.15) is 6.04 Å². The molecule has 2 heterocycles. The highest BCUT2D eigenvalue weighted by atomic mass is 16.4. The van der Waals surface area contributed by atoms with E-state index in [-0.39, 0.29) is 11.9 Å². The molecule has 1 aromatic rings. The number of carboxylic acids is 1. The Morgan fingerprint density at radius 3 is 2.89 bits per heavy atom. The Morgan fingerprint density at radius 2 is 2.32 bits per heavy atom. The molecule has 1 aliphatic heterocycles. The highest BCUT2D eigenvalue weighted by molar-refractivity contribution is 5.83. The number of nitrogens with zero attached hydrogens (tertiary/aromatic N) is 3. The van der Waals surface area contributed by atoms with E-state index >= 15 is 0 Å². The molecular formula is C12H18N4O3. The lowest BCUT2D eigenvalue weighted by molar-refractivity contribution is -0.142. The van der Waals surface area contributed by atoms with Crippen molar-refractivity contribution >= 4 is 12.0 Å². The van der Waals surface area contributed by atoms with E-state index < -0.39 is 12.0 Å². The van der Waals surface area contributed by atoms with Crippen LogP contribution in [0.15, 0.2) is 12.3 Å². The highest BCUT2D eigenvalue weighted by Gasteiger charge is 2.39. The third-order valence-electron chi connectivity index (χ3n) is 3.40. The van der Waals surface area contributed by atoms with E-state index in [0.717, 1.165) is 5.69 Å². The van der Waals surface area contributed by atoms with Gasteiger partial charge < -0.3 is 15.3 Å². The molecule has 1 aliphatic rings. The predicted molar refractivity (Wildman–Crippen MR) is 67.4 cm³/mol. The number of aromatic nitrogens is 2. The van der Waals surface area contributed by atoms with Gasteiger partial charge in [-0.15, -0.1) is 0 Å². The molecular weight excluding hydrogens is 248 g/mol. The molecule has 0 saturated carbocycles. The Balaban J connectivity index is 1.94. The Hall–Kier alpha value is -2.05. The second-order valence-corrected chi connectivity index (χ2v) is 4.88. The van der Waals surface area contributed by atoms with Crippen molar-refractivity contribution in [2.45, 2.75) is 25.9 Å². The maximum atomic E-state index is 12.0. The number of carbonyl (C=O) groups excluding carboxylic acids is 1. The summed E-state index contributed by atoms with van der Waals surface area (Å²) in [6.45, 7) is 2.63. The molecule has 0 bridgehead atoms. The van der Waals surface area contributed by atoms with Gasteiger partial charge in [0, 0.05) is 19.8 Å². The molecule has 7 heteroatoms. The van der Waals surface area contributed by atoms with Gasteiger partial charge in [-0.05, 0) is 18.4 Å². The highest BCUT2D eigenvalue weighted by Crippen LogP contribution is 2.24. The maximum absolute atomic E-state index is 12.0. The molecule has 0 aliphatic carbocycles. The molecule has 2 unspecified atom stereocenters. The minimum Gasteiger partial charge on any atom is -0.480 e. The molecule has 7 nitrogen and oxygen atoms in total. The van der Waals surface area contributed by atoms with Gasteiger partial charge in [0.2, 0.25) is 0 Å². The number of hydrogen-bond acceptors (Lipinski definition) is 3. The maximum Gasteiger partial charge on any atom is 0.326 e. The van der Waals surface area contributed by atoms with Crippen molar-refractivity contribution in [1.82, 2.24) is 20.0 Å². The second kappa shape index (κ2) is 5.29. The average Bonchev–Trinajstić information content (AvgIpc) is 2.92. The SMILES string of the molecule is CC1CCN(C(=O)NCc2ccn(C)n2)C1C(=O)O. The first-order valence-corrected chi connectivity index (χ1v) is 6.25. The van der Waals surface area contributed by atoms with Gasteiger partial charge >= 0.3 is 12.0 Å². The van der Waals surface area contributed by atoms with Crippen molar-refractivity contribution < 1.29 is 14.7 Å². The van der Waals surface area contributed by atoms with Crippen LogP contribution in [0.4, 0.5) is 4.79 Å². The van der Waals surface area contributed by atoms with E-state index in [9.17, 15) is 9.59 Å². The largest absolute Gasteiger partial charge is 0.480 e. The zero-order chi connectivity index (χ0) is 14.0. The lowest BCUT2D eigenvalue weighted by atomic mass is 10.0. The number of urea groups is 1. The number of aliphatic carboxylic acids is 1. The molecule has 2 N–H and O–H groups in total. The van der Waals surface area contributed by atoms with Crippen LogP contribution in [-0.2, 0) is 18.4 Å². The van der Waals surface area contributed by atoms with Crippen LogP contribution in [0.25, 0.3) is 0 Å². The summed E-state index contributed by atoms with van der Waals surface area (Å²) in [5.41, 5.74) is 0.745. The number of aryl methyl sites for hydroxylation is 1. The summed E-state index contributed by atoms with van der Waals surface area (Å²) in [6.07, 6.45) is 2.51. The van der Waals surface area contributed by atoms with Crippen molar-refractivity contribution in [2.24, 2.45) is 13.0 Å². The molecule has 0 spiro atoms. The predicted octanol–water partition coefficient (Wildman–Crippen LogP) is 0.425. The monoisotopic (exact) mass is 266 g/mol. The summed E-state index contributed by atoms with van der Waals surface area (Å²) >= 11 is 0. The van der Waals surface area contributed by atoms with Gasteiger partial charge in [0.15, 0.2) is 0 Å². The first kappa shape index (κ1) is 13.4. The van der Waals surface area contributed by atoms with Crippen molar-refractivity contribution in [3.05, 3.63) is 18.0 Å². The van der Waals surface area contributed by atoms with E-state index in [4.69, 9.17) is 5.11 Å². The van der Waals surface area contributed by atoms with Gasteiger partial charge in [-0.25, -0.2) is 9.59 Å². The zero-order valence-electron chi connectivity index (χ0n) is 11.0. The number of hydrogen-bond donors (Lipinski definition) is 2. The summed E-state index contributed by atoms with van der Waals surface area (Å²) < 4.78 is 1.65. The first-order valence-electron chi connectivity index (χ1n) is 6.25. The van der Waals surface area contributed by atoms with Gasteiger partial charge in [-0.1, -0.05) is 6.92 Å². The van der Waals surface area contributed by atoms with Gasteiger partial charge in [0.05, 0.1) is 12.2 Å². The number of carbonyl (C=O) groups is 2. The summed E-state index contributed by atoms with van der Waals surface area (Å²) in [4.78, 5) is 24.6. The van der Waals surface area contributed by atoms with E-state index in [1.165, 1.54) is 4.90 Å². The number of likely N-dealkylation sites (tertiary alicyclic amines) is 1. The first-order chi connectivity index (χ1) is 8.99. The molecule has 1 saturated heterocycles. The van der Waals surface area contributed by atoms with Crippen LogP contribution >= 0.6 is 0 Å². The van der Waals surface area contributed by atoms with Crippen LogP contribution < -0.4 is 5.32 Å². The number of amides is 2. The molecule has 0 radical (unpaired) electrons. The molecule has 104 valence electrons. The molecule has 0 aromatic carbocycles. The number of carboxylic acid groups (broad SMARTS) is 1. The summed E-state index contributed by atoms with van der Waals surface area (Å²) in [7, 11) is 1.80. The Morgan fingerprint density at radius 1 is 1.58 bits per heavy atom. The third kappa shape index (κ3) is 2.86. The van der Waals surface area contributed by atoms with Crippen molar-refractivity contribution in [3.63, 3.8) is 0 Å². The Kier molecular flexibility index (Phi) is 3.73. The minimum atomic E-state index is -0.946. The topological polar surface area (TPSA) is 87.5 Å². The van der Waals surface area contributed by atoms with Gasteiger partial charge in [0.25, 0.3) is 0 Å². The van der Waals surface area contributed by atoms with Crippen LogP contribution in [0.2, 0.25) is 0 Å². The number of nitrogens with one attached hydrogen (secondary N) is 1. The lowest BCUT2D eigenvalue weighted by Crippen LogP contribution is -2.47. The Bertz CT molecular complexity index is 485. The Labute approximate surface area is 111 Å². The minimum absolute atomic E-state index is 0.0156. The van der Waals surface area contributed by atoms with E-state index in [0.29, 0.717) is 19.5 Å². The quantitative estimate of drug-likeness (QED) is 0.830. The standard InChI is InChI=1S/C12H18N4O3/c1-8-3-6-16(10(8)11(17)18)12(19)13-7-9-4-5-15(2)14-9/h4-5,8,10H,3,6-7H2,1-2H3,(H,13,19)(H,17,18). The molecule has 2 rings (SSSR count). The average molecular weight is 266 g/mol. The molecule has 2 amide bonds. The summed E-state index contributed by atoms with van der Waals surface area (Å²) in [6, 6.07) is 0.729. The van der Waals surface area contributed by atoms with E-state index in [2.05, 4.69) is 10.4 Å². The molecule has 1 aromatic heterocycles. The van der Waals surface area contributed by atoms with Crippen LogP contribution in [0.5, 0.6) is 0 Å². The van der Waals surface area contributed by atoms with Crippen LogP contribution in [0.1, 0.15) is 19.0 Å². The molecule has 1 fully saturated rings. The van der Waals surface area contributed by atoms with E-state index in [1.54, 1.807) is 17.9 Å². The van der Waals surface area contributed by atoms with Crippen molar-refractivity contribution in [2.75, 3.05) is 6.54 Å². The number of rotatable bonds is 3. The van der Waals surface area contributed by atoms with Crippen LogP contribution in [0, 0.1) is 5.92 Å². The van der Waals surface area contributed by atoms with Gasteiger partial charge in [-0.2, -0.15) is 5.10 Å². The fourth-order valence-electron chi connectivity index (χ4n) is 2.38. The third-order valence-corrected chi connectivity index (χ3v) is 3.40. The zero-order valence-corrected chi connectivity index (χ0v) is 11.0. The van der Waals surface area contributed by atoms with E-state index in [1.807, 2.05) is 13.0 Å². The fraction of sp³-hybridized carbons (Fsp3) is 0.583. The lowest BCUT2D eigenvalue weighted by Gasteiger charge is -2.23. The second-order valence-electron chi connectivity index (χ2n) is 4.88. The normalized spacial score (nSPS) is 22.5. The van der Waals surface area contributed by atoms with Crippen LogP contribution in [-0.4, -0.2) is 44.4 Å². The smallest absolute Gasteiger partial charge is 0.326 e.